The largest absolute Gasteiger partial charge is 0.480 e. The van der Waals surface area contributed by atoms with Gasteiger partial charge < -0.3 is 5.11 Å². The van der Waals surface area contributed by atoms with E-state index in [0.717, 1.165) is 23.4 Å². The topological polar surface area (TPSA) is 121 Å². The summed E-state index contributed by atoms with van der Waals surface area (Å²) in [7, 11) is -5.73. The van der Waals surface area contributed by atoms with Crippen LogP contribution in [-0.4, -0.2) is 52.4 Å². The molecule has 0 aromatic heterocycles. The second kappa shape index (κ2) is 6.10. The van der Waals surface area contributed by atoms with Crippen LogP contribution in [0.2, 0.25) is 0 Å². The molecule has 0 saturated carbocycles. The van der Waals surface area contributed by atoms with Crippen molar-refractivity contribution in [1.82, 2.24) is 9.03 Å². The number of carbonyl (C=O) groups is 1. The van der Waals surface area contributed by atoms with Crippen molar-refractivity contribution in [1.29, 1.82) is 0 Å². The van der Waals surface area contributed by atoms with Crippen LogP contribution in [0.15, 0.2) is 34.1 Å². The molecule has 1 aromatic rings. The molecular weight excluding hydrogens is 320 g/mol. The summed E-state index contributed by atoms with van der Waals surface area (Å²) in [5.41, 5.74) is 0. The number of rotatable bonds is 6. The fraction of sp³-hybridized carbons (Fsp3) is 0.364. The van der Waals surface area contributed by atoms with E-state index in [1.165, 1.54) is 26.2 Å². The summed E-state index contributed by atoms with van der Waals surface area (Å²) in [4.78, 5) is 9.83. The number of sulfonamides is 2. The maximum absolute atomic E-state index is 12.2. The Balaban J connectivity index is 3.43. The first kappa shape index (κ1) is 17.6. The Morgan fingerprint density at radius 1 is 1.14 bits per heavy atom. The van der Waals surface area contributed by atoms with Gasteiger partial charge in [0, 0.05) is 14.1 Å². The number of carboxylic acid groups (broad SMARTS) is 1. The molecule has 0 aliphatic carbocycles. The highest BCUT2D eigenvalue weighted by atomic mass is 32.2. The molecular formula is C11H16N2O6S2. The molecule has 0 aliphatic rings. The van der Waals surface area contributed by atoms with Crippen molar-refractivity contribution < 1.29 is 26.7 Å². The normalized spacial score (nSPS) is 14.1. The zero-order valence-corrected chi connectivity index (χ0v) is 13.3. The Labute approximate surface area is 123 Å². The monoisotopic (exact) mass is 336 g/mol. The van der Waals surface area contributed by atoms with E-state index in [4.69, 9.17) is 5.11 Å². The maximum atomic E-state index is 12.2. The molecule has 0 aliphatic heterocycles. The number of hydrogen-bond donors (Lipinski definition) is 2. The predicted octanol–water partition coefficient (Wildman–Crippen LogP) is -0.312. The summed E-state index contributed by atoms with van der Waals surface area (Å²) in [6.07, 6.45) is 0. The van der Waals surface area contributed by atoms with Crippen molar-refractivity contribution in [2.45, 2.75) is 22.8 Å². The second-order valence-corrected chi connectivity index (χ2v) is 8.22. The van der Waals surface area contributed by atoms with Gasteiger partial charge in [0.1, 0.15) is 15.8 Å². The minimum Gasteiger partial charge on any atom is -0.480 e. The quantitative estimate of drug-likeness (QED) is 0.735. The van der Waals surface area contributed by atoms with Gasteiger partial charge in [-0.25, -0.2) is 21.1 Å². The molecule has 0 radical (unpaired) electrons. The molecule has 10 heteroatoms. The van der Waals surface area contributed by atoms with Crippen LogP contribution in [0.25, 0.3) is 0 Å². The molecule has 0 bridgehead atoms. The molecule has 0 heterocycles. The lowest BCUT2D eigenvalue weighted by Gasteiger charge is -2.16. The van der Waals surface area contributed by atoms with Gasteiger partial charge in [0.25, 0.3) is 0 Å². The number of nitrogens with one attached hydrogen (secondary N) is 1. The predicted molar refractivity (Wildman–Crippen MR) is 74.7 cm³/mol. The lowest BCUT2D eigenvalue weighted by Crippen LogP contribution is -2.39. The van der Waals surface area contributed by atoms with Gasteiger partial charge in [-0.2, -0.15) is 4.72 Å². The fourth-order valence-electron chi connectivity index (χ4n) is 1.43. The zero-order valence-electron chi connectivity index (χ0n) is 11.6. The molecule has 0 spiro atoms. The lowest BCUT2D eigenvalue weighted by atomic mass is 10.4. The van der Waals surface area contributed by atoms with E-state index in [0.29, 0.717) is 0 Å². The van der Waals surface area contributed by atoms with Crippen LogP contribution in [0.4, 0.5) is 0 Å². The molecule has 1 aromatic carbocycles. The number of aliphatic carboxylic acids is 1. The summed E-state index contributed by atoms with van der Waals surface area (Å²) in [6.45, 7) is 1.14. The van der Waals surface area contributed by atoms with Gasteiger partial charge >= 0.3 is 5.97 Å². The molecule has 21 heavy (non-hydrogen) atoms. The standard InChI is InChI=1S/C11H16N2O6S2/c1-8(11(14)15)12-20(16,17)9-6-4-5-7-10(9)21(18,19)13(2)3/h4-8,12H,1-3H3,(H,14,15)/t8-/m1/s1. The number of benzene rings is 1. The van der Waals surface area contributed by atoms with E-state index in [1.807, 2.05) is 4.72 Å². The van der Waals surface area contributed by atoms with E-state index in [-0.39, 0.29) is 0 Å². The molecule has 1 atom stereocenters. The third kappa shape index (κ3) is 3.79. The summed E-state index contributed by atoms with van der Waals surface area (Å²) in [6, 6.07) is 3.61. The van der Waals surface area contributed by atoms with Gasteiger partial charge in [-0.05, 0) is 19.1 Å². The van der Waals surface area contributed by atoms with Crippen molar-refractivity contribution in [3.8, 4) is 0 Å². The third-order valence-electron chi connectivity index (χ3n) is 2.60. The van der Waals surface area contributed by atoms with E-state index in [2.05, 4.69) is 0 Å². The maximum Gasteiger partial charge on any atom is 0.321 e. The van der Waals surface area contributed by atoms with Gasteiger partial charge in [-0.15, -0.1) is 0 Å². The van der Waals surface area contributed by atoms with E-state index in [9.17, 15) is 21.6 Å². The van der Waals surface area contributed by atoms with Crippen LogP contribution in [-0.2, 0) is 24.8 Å². The van der Waals surface area contributed by atoms with Crippen LogP contribution in [0, 0.1) is 0 Å². The summed E-state index contributed by atoms with van der Waals surface area (Å²) in [5.74, 6) is -1.37. The highest BCUT2D eigenvalue weighted by Crippen LogP contribution is 2.22. The van der Waals surface area contributed by atoms with Gasteiger partial charge in [-0.3, -0.25) is 4.79 Å². The average Bonchev–Trinajstić information content (AvgIpc) is 2.37. The second-order valence-electron chi connectivity index (χ2n) is 4.42. The molecule has 8 nitrogen and oxygen atoms in total. The Morgan fingerprint density at radius 2 is 1.62 bits per heavy atom. The minimum atomic E-state index is -4.29. The molecule has 2 N–H and O–H groups in total. The van der Waals surface area contributed by atoms with Crippen LogP contribution in [0.5, 0.6) is 0 Å². The smallest absolute Gasteiger partial charge is 0.321 e. The molecule has 0 amide bonds. The first-order chi connectivity index (χ1) is 9.50. The van der Waals surface area contributed by atoms with Crippen molar-refractivity contribution in [2.75, 3.05) is 14.1 Å². The molecule has 0 fully saturated rings. The van der Waals surface area contributed by atoms with Crippen molar-refractivity contribution in [2.24, 2.45) is 0 Å². The Kier molecular flexibility index (Phi) is 5.10. The van der Waals surface area contributed by atoms with Crippen molar-refractivity contribution >= 4 is 26.0 Å². The SMILES string of the molecule is C[C@@H](NS(=O)(=O)c1ccccc1S(=O)(=O)N(C)C)C(=O)O. The fourth-order valence-corrected chi connectivity index (χ4v) is 4.32. The van der Waals surface area contributed by atoms with E-state index in [1.54, 1.807) is 0 Å². The lowest BCUT2D eigenvalue weighted by molar-refractivity contribution is -0.138. The average molecular weight is 336 g/mol. The van der Waals surface area contributed by atoms with Crippen LogP contribution < -0.4 is 4.72 Å². The highest BCUT2D eigenvalue weighted by Gasteiger charge is 2.29. The summed E-state index contributed by atoms with van der Waals surface area (Å²) >= 11 is 0. The van der Waals surface area contributed by atoms with Gasteiger partial charge in [0.15, 0.2) is 0 Å². The zero-order chi connectivity index (χ0) is 16.4. The van der Waals surface area contributed by atoms with Gasteiger partial charge in [0.2, 0.25) is 20.0 Å². The number of carboxylic acids is 1. The highest BCUT2D eigenvalue weighted by molar-refractivity contribution is 7.92. The van der Waals surface area contributed by atoms with Gasteiger partial charge in [0.05, 0.1) is 0 Å². The minimum absolute atomic E-state index is 0.417. The molecule has 118 valence electrons. The molecule has 1 rings (SSSR count). The van der Waals surface area contributed by atoms with Crippen LogP contribution in [0.3, 0.4) is 0 Å². The molecule has 0 saturated heterocycles. The Morgan fingerprint density at radius 3 is 2.05 bits per heavy atom. The summed E-state index contributed by atoms with van der Waals surface area (Å²) < 4.78 is 51.4. The van der Waals surface area contributed by atoms with E-state index >= 15 is 0 Å². The first-order valence-electron chi connectivity index (χ1n) is 5.77. The number of nitrogens with zero attached hydrogens (tertiary/aromatic N) is 1. The summed E-state index contributed by atoms with van der Waals surface area (Å²) in [5, 5.41) is 8.76. The third-order valence-corrected chi connectivity index (χ3v) is 6.20. The van der Waals surface area contributed by atoms with Crippen molar-refractivity contribution in [3.63, 3.8) is 0 Å². The number of hydrogen-bond acceptors (Lipinski definition) is 5. The molecule has 0 unspecified atom stereocenters. The Hall–Kier alpha value is -1.49. The first-order valence-corrected chi connectivity index (χ1v) is 8.69. The van der Waals surface area contributed by atoms with Crippen molar-refractivity contribution in [3.05, 3.63) is 24.3 Å². The van der Waals surface area contributed by atoms with Gasteiger partial charge in [-0.1, -0.05) is 12.1 Å². The Bertz CT molecular complexity index is 740. The van der Waals surface area contributed by atoms with Crippen LogP contribution >= 0.6 is 0 Å². The van der Waals surface area contributed by atoms with E-state index < -0.39 is 41.8 Å². The van der Waals surface area contributed by atoms with Crippen LogP contribution in [0.1, 0.15) is 6.92 Å².